The number of hydrogen-bond acceptors (Lipinski definition) is 1. The molecule has 0 amide bonds. The molecule has 0 spiro atoms. The Labute approximate surface area is 195 Å². The van der Waals surface area contributed by atoms with Gasteiger partial charge in [0.05, 0.1) is 0 Å². The van der Waals surface area contributed by atoms with Crippen LogP contribution in [0.2, 0.25) is 0 Å². The lowest BCUT2D eigenvalue weighted by molar-refractivity contribution is 0.661. The van der Waals surface area contributed by atoms with Crippen molar-refractivity contribution in [2.75, 3.05) is 11.9 Å². The van der Waals surface area contributed by atoms with Crippen molar-refractivity contribution >= 4 is 22.1 Å². The second-order valence-corrected chi connectivity index (χ2v) is 9.54. The molecule has 0 radical (unpaired) electrons. The number of anilines is 2. The minimum absolute atomic E-state index is 0.0372. The van der Waals surface area contributed by atoms with E-state index in [1.54, 1.807) is 0 Å². The molecular formula is C32H27N. The Morgan fingerprint density at radius 1 is 0.545 bits per heavy atom. The highest BCUT2D eigenvalue weighted by Crippen LogP contribution is 2.51. The highest BCUT2D eigenvalue weighted by molar-refractivity contribution is 5.94. The van der Waals surface area contributed by atoms with Crippen molar-refractivity contribution in [3.8, 4) is 22.3 Å². The van der Waals surface area contributed by atoms with Crippen molar-refractivity contribution < 1.29 is 0 Å². The quantitative estimate of drug-likeness (QED) is 0.280. The van der Waals surface area contributed by atoms with Gasteiger partial charge in [0.2, 0.25) is 0 Å². The summed E-state index contributed by atoms with van der Waals surface area (Å²) in [6.07, 6.45) is 0. The van der Waals surface area contributed by atoms with Crippen molar-refractivity contribution in [2.24, 2.45) is 0 Å². The number of hydrogen-bond donors (Lipinski definition) is 0. The molecular weight excluding hydrogens is 398 g/mol. The summed E-state index contributed by atoms with van der Waals surface area (Å²) in [5, 5.41) is 2.61. The zero-order chi connectivity index (χ0) is 22.6. The van der Waals surface area contributed by atoms with Gasteiger partial charge in [0, 0.05) is 29.4 Å². The molecule has 1 nitrogen and oxygen atoms in total. The molecule has 1 aliphatic carbocycles. The van der Waals surface area contributed by atoms with Gasteiger partial charge in [-0.2, -0.15) is 0 Å². The molecule has 5 aromatic rings. The van der Waals surface area contributed by atoms with Crippen molar-refractivity contribution in [3.05, 3.63) is 120 Å². The van der Waals surface area contributed by atoms with Gasteiger partial charge >= 0.3 is 0 Å². The van der Waals surface area contributed by atoms with Crippen LogP contribution in [0, 0.1) is 0 Å². The summed E-state index contributed by atoms with van der Waals surface area (Å²) in [6, 6.07) is 39.7. The topological polar surface area (TPSA) is 3.24 Å². The smallest absolute Gasteiger partial charge is 0.0487 e. The summed E-state index contributed by atoms with van der Waals surface area (Å²) >= 11 is 0. The first kappa shape index (κ1) is 19.8. The summed E-state index contributed by atoms with van der Waals surface area (Å²) in [6.45, 7) is 4.71. The third kappa shape index (κ3) is 3.08. The Morgan fingerprint density at radius 3 is 1.97 bits per heavy atom. The second-order valence-electron chi connectivity index (χ2n) is 9.54. The van der Waals surface area contributed by atoms with Gasteiger partial charge in [-0.15, -0.1) is 0 Å². The van der Waals surface area contributed by atoms with Gasteiger partial charge in [0.15, 0.2) is 0 Å². The SMILES string of the molecule is CN(c1ccc2c(c1)C(C)(C)c1cc3ccccc3cc1-2)c1ccccc1-c1ccccc1. The zero-order valence-electron chi connectivity index (χ0n) is 19.3. The zero-order valence-corrected chi connectivity index (χ0v) is 19.3. The summed E-state index contributed by atoms with van der Waals surface area (Å²) in [4.78, 5) is 2.32. The Balaban J connectivity index is 1.47. The van der Waals surface area contributed by atoms with Crippen LogP contribution in [0.5, 0.6) is 0 Å². The van der Waals surface area contributed by atoms with E-state index in [-0.39, 0.29) is 5.41 Å². The van der Waals surface area contributed by atoms with Crippen LogP contribution in [0.1, 0.15) is 25.0 Å². The number of benzene rings is 5. The van der Waals surface area contributed by atoms with Crippen LogP contribution < -0.4 is 4.90 Å². The first-order valence-electron chi connectivity index (χ1n) is 11.6. The fourth-order valence-corrected chi connectivity index (χ4v) is 5.39. The molecule has 0 aliphatic heterocycles. The van der Waals surface area contributed by atoms with Gasteiger partial charge in [0.1, 0.15) is 0 Å². The molecule has 0 fully saturated rings. The summed E-state index contributed by atoms with van der Waals surface area (Å²) in [5.74, 6) is 0. The van der Waals surface area contributed by atoms with E-state index in [1.165, 1.54) is 55.5 Å². The van der Waals surface area contributed by atoms with E-state index < -0.39 is 0 Å². The van der Waals surface area contributed by atoms with Gasteiger partial charge in [0.25, 0.3) is 0 Å². The Kier molecular flexibility index (Phi) is 4.41. The lowest BCUT2D eigenvalue weighted by atomic mass is 9.81. The highest BCUT2D eigenvalue weighted by Gasteiger charge is 2.36. The summed E-state index contributed by atoms with van der Waals surface area (Å²) < 4.78 is 0. The average Bonchev–Trinajstić information content (AvgIpc) is 3.08. The molecule has 0 bridgehead atoms. The fraction of sp³-hybridized carbons (Fsp3) is 0.125. The van der Waals surface area contributed by atoms with E-state index in [2.05, 4.69) is 135 Å². The minimum atomic E-state index is -0.0372. The van der Waals surface area contributed by atoms with Crippen molar-refractivity contribution in [2.45, 2.75) is 19.3 Å². The number of para-hydroxylation sites is 1. The van der Waals surface area contributed by atoms with Crippen LogP contribution >= 0.6 is 0 Å². The molecule has 5 aromatic carbocycles. The first-order valence-corrected chi connectivity index (χ1v) is 11.6. The molecule has 160 valence electrons. The molecule has 0 atom stereocenters. The number of nitrogens with zero attached hydrogens (tertiary/aromatic N) is 1. The fourth-order valence-electron chi connectivity index (χ4n) is 5.39. The summed E-state index contributed by atoms with van der Waals surface area (Å²) in [7, 11) is 2.17. The lowest BCUT2D eigenvalue weighted by Gasteiger charge is -2.26. The maximum Gasteiger partial charge on any atom is 0.0487 e. The average molecular weight is 426 g/mol. The van der Waals surface area contributed by atoms with Crippen LogP contribution in [0.15, 0.2) is 109 Å². The second kappa shape index (κ2) is 7.35. The van der Waals surface area contributed by atoms with Crippen LogP contribution in [-0.4, -0.2) is 7.05 Å². The predicted octanol–water partition coefficient (Wildman–Crippen LogP) is 8.58. The lowest BCUT2D eigenvalue weighted by Crippen LogP contribution is -2.16. The van der Waals surface area contributed by atoms with Gasteiger partial charge in [-0.05, 0) is 68.9 Å². The van der Waals surface area contributed by atoms with Crippen LogP contribution in [-0.2, 0) is 5.41 Å². The monoisotopic (exact) mass is 425 g/mol. The van der Waals surface area contributed by atoms with Crippen LogP contribution in [0.3, 0.4) is 0 Å². The third-order valence-corrected chi connectivity index (χ3v) is 7.26. The molecule has 0 saturated carbocycles. The largest absolute Gasteiger partial charge is 0.344 e. The van der Waals surface area contributed by atoms with Gasteiger partial charge in [-0.1, -0.05) is 92.7 Å². The van der Waals surface area contributed by atoms with E-state index in [9.17, 15) is 0 Å². The van der Waals surface area contributed by atoms with E-state index in [4.69, 9.17) is 0 Å². The van der Waals surface area contributed by atoms with E-state index >= 15 is 0 Å². The van der Waals surface area contributed by atoms with Crippen molar-refractivity contribution in [1.82, 2.24) is 0 Å². The molecule has 0 aromatic heterocycles. The van der Waals surface area contributed by atoms with Gasteiger partial charge in [-0.25, -0.2) is 0 Å². The molecule has 1 heteroatoms. The van der Waals surface area contributed by atoms with E-state index in [1.807, 2.05) is 0 Å². The Bertz CT molecular complexity index is 1490. The van der Waals surface area contributed by atoms with E-state index in [0.717, 1.165) is 0 Å². The maximum absolute atomic E-state index is 2.39. The molecule has 6 rings (SSSR count). The third-order valence-electron chi connectivity index (χ3n) is 7.26. The molecule has 0 unspecified atom stereocenters. The summed E-state index contributed by atoms with van der Waals surface area (Å²) in [5.41, 5.74) is 10.4. The minimum Gasteiger partial charge on any atom is -0.344 e. The number of fused-ring (bicyclic) bond motifs is 4. The number of rotatable bonds is 3. The normalized spacial score (nSPS) is 13.5. The highest BCUT2D eigenvalue weighted by atomic mass is 15.1. The predicted molar refractivity (Wildman–Crippen MR) is 141 cm³/mol. The van der Waals surface area contributed by atoms with Gasteiger partial charge < -0.3 is 4.90 Å². The maximum atomic E-state index is 2.39. The van der Waals surface area contributed by atoms with Crippen LogP contribution in [0.25, 0.3) is 33.0 Å². The molecule has 0 saturated heterocycles. The standard InChI is InChI=1S/C32H27N/c1-32(2)29-20-24-14-8-7-13-23(24)19-28(29)27-18-17-25(21-30(27)32)33(3)31-16-10-9-15-26(31)22-11-5-4-6-12-22/h4-21H,1-3H3. The molecule has 0 N–H and O–H groups in total. The van der Waals surface area contributed by atoms with Gasteiger partial charge in [-0.3, -0.25) is 0 Å². The molecule has 33 heavy (non-hydrogen) atoms. The molecule has 1 aliphatic rings. The van der Waals surface area contributed by atoms with Crippen molar-refractivity contribution in [1.29, 1.82) is 0 Å². The molecule has 0 heterocycles. The first-order chi connectivity index (χ1) is 16.0. The Hall–Kier alpha value is -3.84. The van der Waals surface area contributed by atoms with Crippen molar-refractivity contribution in [3.63, 3.8) is 0 Å². The van der Waals surface area contributed by atoms with E-state index in [0.29, 0.717) is 0 Å². The Morgan fingerprint density at radius 2 is 1.18 bits per heavy atom. The van der Waals surface area contributed by atoms with Crippen LogP contribution in [0.4, 0.5) is 11.4 Å².